The van der Waals surface area contributed by atoms with Crippen molar-refractivity contribution in [2.75, 3.05) is 59.3 Å². The summed E-state index contributed by atoms with van der Waals surface area (Å²) in [6.07, 6.45) is -0.461. The fraction of sp³-hybridized carbons (Fsp3) is 0.867. The van der Waals surface area contributed by atoms with E-state index in [9.17, 15) is 9.59 Å². The number of carboxylic acid groups (broad SMARTS) is 1. The second kappa shape index (κ2) is 14.0. The molecule has 0 aliphatic carbocycles. The minimum Gasteiger partial charge on any atom is -0.480 e. The summed E-state index contributed by atoms with van der Waals surface area (Å²) in [5.74, 6) is -0.889. The van der Waals surface area contributed by atoms with E-state index >= 15 is 0 Å². The van der Waals surface area contributed by atoms with Gasteiger partial charge in [0.1, 0.15) is 5.60 Å². The first kappa shape index (κ1) is 22.6. The van der Waals surface area contributed by atoms with E-state index in [0.29, 0.717) is 52.7 Å². The van der Waals surface area contributed by atoms with Gasteiger partial charge in [0.05, 0.1) is 46.2 Å². The average molecular weight is 350 g/mol. The monoisotopic (exact) mass is 350 g/mol. The first-order valence-electron chi connectivity index (χ1n) is 7.94. The maximum Gasteiger partial charge on any atom is 0.407 e. The standard InChI is InChI=1S/C15H30N2O7/c1-15(2,3)24-14(20)17-5-7-22-9-11-23-10-8-21-6-4-16-12-13(18)19/h16H,4-12H2,1-3H3,(H,17,20)(H,18,19). The van der Waals surface area contributed by atoms with Gasteiger partial charge in [0.2, 0.25) is 0 Å². The molecular weight excluding hydrogens is 320 g/mol. The van der Waals surface area contributed by atoms with Crippen molar-refractivity contribution in [3.8, 4) is 0 Å². The minimum absolute atomic E-state index is 0.0695. The Morgan fingerprint density at radius 3 is 1.88 bits per heavy atom. The lowest BCUT2D eigenvalue weighted by atomic mass is 10.2. The summed E-state index contributed by atoms with van der Waals surface area (Å²) in [6.45, 7) is 8.76. The number of ether oxygens (including phenoxy) is 4. The van der Waals surface area contributed by atoms with Crippen molar-refractivity contribution in [3.63, 3.8) is 0 Å². The van der Waals surface area contributed by atoms with E-state index < -0.39 is 17.7 Å². The number of hydrogen-bond donors (Lipinski definition) is 3. The van der Waals surface area contributed by atoms with E-state index in [0.717, 1.165) is 0 Å². The number of carboxylic acids is 1. The number of alkyl carbamates (subject to hydrolysis) is 1. The van der Waals surface area contributed by atoms with Gasteiger partial charge in [-0.3, -0.25) is 4.79 Å². The van der Waals surface area contributed by atoms with E-state index in [1.54, 1.807) is 20.8 Å². The van der Waals surface area contributed by atoms with Crippen LogP contribution >= 0.6 is 0 Å². The number of nitrogens with one attached hydrogen (secondary N) is 2. The summed E-state index contributed by atoms with van der Waals surface area (Å²) in [5, 5.41) is 13.7. The molecule has 1 amide bonds. The van der Waals surface area contributed by atoms with Crippen molar-refractivity contribution in [1.29, 1.82) is 0 Å². The highest BCUT2D eigenvalue weighted by atomic mass is 16.6. The molecule has 142 valence electrons. The van der Waals surface area contributed by atoms with Gasteiger partial charge < -0.3 is 34.7 Å². The first-order valence-corrected chi connectivity index (χ1v) is 7.94. The number of hydrogen-bond acceptors (Lipinski definition) is 7. The van der Waals surface area contributed by atoms with Crippen molar-refractivity contribution in [3.05, 3.63) is 0 Å². The van der Waals surface area contributed by atoms with Gasteiger partial charge in [-0.25, -0.2) is 4.79 Å². The van der Waals surface area contributed by atoms with Gasteiger partial charge in [-0.15, -0.1) is 0 Å². The van der Waals surface area contributed by atoms with Crippen LogP contribution in [0, 0.1) is 0 Å². The van der Waals surface area contributed by atoms with Crippen molar-refractivity contribution in [1.82, 2.24) is 10.6 Å². The van der Waals surface area contributed by atoms with E-state index in [2.05, 4.69) is 10.6 Å². The number of carbonyl (C=O) groups is 2. The van der Waals surface area contributed by atoms with Gasteiger partial charge in [0.25, 0.3) is 0 Å². The molecular formula is C15H30N2O7. The molecule has 0 spiro atoms. The van der Waals surface area contributed by atoms with Crippen LogP contribution in [0.5, 0.6) is 0 Å². The van der Waals surface area contributed by atoms with Crippen LogP contribution in [0.3, 0.4) is 0 Å². The van der Waals surface area contributed by atoms with Gasteiger partial charge in [-0.1, -0.05) is 0 Å². The molecule has 24 heavy (non-hydrogen) atoms. The van der Waals surface area contributed by atoms with Crippen molar-refractivity contribution >= 4 is 12.1 Å². The fourth-order valence-electron chi connectivity index (χ4n) is 1.42. The molecule has 0 heterocycles. The largest absolute Gasteiger partial charge is 0.480 e. The van der Waals surface area contributed by atoms with Crippen molar-refractivity contribution in [2.45, 2.75) is 26.4 Å². The normalized spacial score (nSPS) is 11.3. The molecule has 3 N–H and O–H groups in total. The maximum absolute atomic E-state index is 11.3. The molecule has 0 saturated heterocycles. The second-order valence-electron chi connectivity index (χ2n) is 5.84. The summed E-state index contributed by atoms with van der Waals surface area (Å²) in [4.78, 5) is 21.6. The molecule has 9 nitrogen and oxygen atoms in total. The Kier molecular flexibility index (Phi) is 13.1. The van der Waals surface area contributed by atoms with Crippen molar-refractivity contribution < 1.29 is 33.6 Å². The lowest BCUT2D eigenvalue weighted by molar-refractivity contribution is -0.136. The highest BCUT2D eigenvalue weighted by Gasteiger charge is 2.15. The third-order valence-electron chi connectivity index (χ3n) is 2.36. The van der Waals surface area contributed by atoms with Gasteiger partial charge in [-0.2, -0.15) is 0 Å². The van der Waals surface area contributed by atoms with Crippen molar-refractivity contribution in [2.24, 2.45) is 0 Å². The van der Waals surface area contributed by atoms with Crippen LogP contribution in [0.15, 0.2) is 0 Å². The lowest BCUT2D eigenvalue weighted by Gasteiger charge is -2.19. The Morgan fingerprint density at radius 1 is 0.875 bits per heavy atom. The number of aliphatic carboxylic acids is 1. The summed E-state index contributed by atoms with van der Waals surface area (Å²) in [6, 6.07) is 0. The molecule has 0 fully saturated rings. The summed E-state index contributed by atoms with van der Waals surface area (Å²) in [5.41, 5.74) is -0.507. The molecule has 0 bridgehead atoms. The van der Waals surface area contributed by atoms with Crippen LogP contribution in [0.2, 0.25) is 0 Å². The highest BCUT2D eigenvalue weighted by Crippen LogP contribution is 2.05. The Balaban J connectivity index is 3.18. The Labute approximate surface area is 143 Å². The molecule has 0 aromatic carbocycles. The molecule has 0 aliphatic heterocycles. The highest BCUT2D eigenvalue weighted by molar-refractivity contribution is 5.69. The zero-order valence-electron chi connectivity index (χ0n) is 14.8. The van der Waals surface area contributed by atoms with E-state index in [-0.39, 0.29) is 6.54 Å². The smallest absolute Gasteiger partial charge is 0.407 e. The second-order valence-corrected chi connectivity index (χ2v) is 5.84. The molecule has 0 unspecified atom stereocenters. The summed E-state index contributed by atoms with van der Waals surface area (Å²) in [7, 11) is 0. The van der Waals surface area contributed by atoms with Crippen LogP contribution in [-0.2, 0) is 23.7 Å². The third-order valence-corrected chi connectivity index (χ3v) is 2.36. The van der Waals surface area contributed by atoms with E-state index in [1.165, 1.54) is 0 Å². The third kappa shape index (κ3) is 18.6. The quantitative estimate of drug-likeness (QED) is 0.382. The average Bonchev–Trinajstić information content (AvgIpc) is 2.45. The molecule has 0 aliphatic rings. The minimum atomic E-state index is -0.889. The molecule has 0 saturated carbocycles. The zero-order valence-corrected chi connectivity index (χ0v) is 14.8. The first-order chi connectivity index (χ1) is 11.3. The van der Waals surface area contributed by atoms with Crippen LogP contribution in [0.4, 0.5) is 4.79 Å². The molecule has 0 atom stereocenters. The Hall–Kier alpha value is -1.42. The van der Waals surface area contributed by atoms with Crippen LogP contribution in [0.1, 0.15) is 20.8 Å². The molecule has 0 aromatic rings. The predicted octanol–water partition coefficient (Wildman–Crippen LogP) is 0.235. The lowest BCUT2D eigenvalue weighted by Crippen LogP contribution is -2.34. The Morgan fingerprint density at radius 2 is 1.38 bits per heavy atom. The predicted molar refractivity (Wildman–Crippen MR) is 87.2 cm³/mol. The zero-order chi connectivity index (χ0) is 18.3. The topological polar surface area (TPSA) is 115 Å². The molecule has 9 heteroatoms. The van der Waals surface area contributed by atoms with Crippen LogP contribution in [0.25, 0.3) is 0 Å². The fourth-order valence-corrected chi connectivity index (χ4v) is 1.42. The number of amides is 1. The molecule has 0 aromatic heterocycles. The summed E-state index contributed by atoms with van der Waals surface area (Å²) >= 11 is 0. The number of carbonyl (C=O) groups excluding carboxylic acids is 1. The molecule has 0 radical (unpaired) electrons. The van der Waals surface area contributed by atoms with E-state index in [1.807, 2.05) is 0 Å². The van der Waals surface area contributed by atoms with Gasteiger partial charge >= 0.3 is 12.1 Å². The molecule has 0 rings (SSSR count). The van der Waals surface area contributed by atoms with Gasteiger partial charge in [-0.05, 0) is 20.8 Å². The van der Waals surface area contributed by atoms with E-state index in [4.69, 9.17) is 24.1 Å². The Bertz CT molecular complexity index is 345. The van der Waals surface area contributed by atoms with Gasteiger partial charge in [0.15, 0.2) is 0 Å². The van der Waals surface area contributed by atoms with Gasteiger partial charge in [0, 0.05) is 13.1 Å². The number of rotatable bonds is 14. The van der Waals surface area contributed by atoms with Crippen LogP contribution < -0.4 is 10.6 Å². The SMILES string of the molecule is CC(C)(C)OC(=O)NCCOCCOCCOCCNCC(=O)O. The maximum atomic E-state index is 11.3. The summed E-state index contributed by atoms with van der Waals surface area (Å²) < 4.78 is 20.9. The van der Waals surface area contributed by atoms with Crippen LogP contribution in [-0.4, -0.2) is 82.0 Å².